The van der Waals surface area contributed by atoms with Gasteiger partial charge in [0.15, 0.2) is 5.41 Å². The van der Waals surface area contributed by atoms with Crippen LogP contribution >= 0.6 is 0 Å². The Hall–Kier alpha value is -1.36. The third kappa shape index (κ3) is 1.65. The van der Waals surface area contributed by atoms with Crippen LogP contribution < -0.4 is 0 Å². The lowest BCUT2D eigenvalue weighted by Crippen LogP contribution is -2.54. The number of aromatic nitrogens is 2. The molecule has 1 N–H and O–H groups in total. The molecule has 3 rings (SSSR count). The first-order valence-electron chi connectivity index (χ1n) is 6.48. The molecule has 0 spiro atoms. The van der Waals surface area contributed by atoms with Gasteiger partial charge in [-0.15, -0.1) is 0 Å². The molecule has 5 heteroatoms. The first kappa shape index (κ1) is 11.7. The second-order valence-electron chi connectivity index (χ2n) is 5.24. The minimum Gasteiger partial charge on any atom is -0.468 e. The van der Waals surface area contributed by atoms with E-state index in [1.807, 2.05) is 6.20 Å². The van der Waals surface area contributed by atoms with Crippen molar-refractivity contribution in [1.82, 2.24) is 9.97 Å². The molecule has 18 heavy (non-hydrogen) atoms. The lowest BCUT2D eigenvalue weighted by molar-refractivity contribution is -0.167. The van der Waals surface area contributed by atoms with Gasteiger partial charge in [0.05, 0.1) is 20.3 Å². The predicted octanol–water partition coefficient (Wildman–Crippen LogP) is 1.51. The van der Waals surface area contributed by atoms with E-state index in [0.717, 1.165) is 5.69 Å². The number of carbonyl (C=O) groups excluding carboxylic acids is 1. The fourth-order valence-corrected chi connectivity index (χ4v) is 2.88. The fourth-order valence-electron chi connectivity index (χ4n) is 2.88. The number of nitrogens with zero attached hydrogens (tertiary/aromatic N) is 1. The van der Waals surface area contributed by atoms with Gasteiger partial charge in [0.25, 0.3) is 0 Å². The molecule has 98 valence electrons. The smallest absolute Gasteiger partial charge is 0.324 e. The van der Waals surface area contributed by atoms with Crippen LogP contribution in [0.3, 0.4) is 0 Å². The Labute approximate surface area is 106 Å². The van der Waals surface area contributed by atoms with Crippen molar-refractivity contribution in [2.75, 3.05) is 20.3 Å². The maximum atomic E-state index is 11.9. The number of imidazole rings is 1. The van der Waals surface area contributed by atoms with E-state index in [2.05, 4.69) is 9.97 Å². The first-order chi connectivity index (χ1) is 8.76. The number of hydrogen-bond donors (Lipinski definition) is 1. The molecule has 2 aliphatic rings. The Bertz CT molecular complexity index is 445. The number of rotatable bonds is 3. The molecule has 0 unspecified atom stereocenters. The zero-order chi connectivity index (χ0) is 12.6. The van der Waals surface area contributed by atoms with Gasteiger partial charge in [-0.3, -0.25) is 4.79 Å². The molecule has 2 fully saturated rings. The molecular formula is C13H18N2O3. The summed E-state index contributed by atoms with van der Waals surface area (Å²) in [6.07, 6.45) is 6.86. The summed E-state index contributed by atoms with van der Waals surface area (Å²) in [5.74, 6) is 1.01. The van der Waals surface area contributed by atoms with Crippen LogP contribution in [0.1, 0.15) is 43.1 Å². The van der Waals surface area contributed by atoms with E-state index < -0.39 is 5.41 Å². The highest BCUT2D eigenvalue weighted by Gasteiger charge is 2.51. The number of carbonyl (C=O) groups is 1. The Morgan fingerprint density at radius 3 is 2.78 bits per heavy atom. The van der Waals surface area contributed by atoms with E-state index in [9.17, 15) is 4.79 Å². The Kier molecular flexibility index (Phi) is 2.86. The van der Waals surface area contributed by atoms with Crippen molar-refractivity contribution >= 4 is 5.97 Å². The van der Waals surface area contributed by atoms with E-state index >= 15 is 0 Å². The van der Waals surface area contributed by atoms with Gasteiger partial charge < -0.3 is 14.5 Å². The van der Waals surface area contributed by atoms with Crippen LogP contribution in [-0.4, -0.2) is 36.3 Å². The van der Waals surface area contributed by atoms with Crippen molar-refractivity contribution in [1.29, 1.82) is 0 Å². The minimum absolute atomic E-state index is 0.263. The lowest BCUT2D eigenvalue weighted by Gasteiger charge is -2.36. The molecule has 5 nitrogen and oxygen atoms in total. The SMILES string of the molecule is COC(=O)C1(c2ncc(C3CCCC3)[nH]2)COC1. The minimum atomic E-state index is -0.703. The summed E-state index contributed by atoms with van der Waals surface area (Å²) >= 11 is 0. The summed E-state index contributed by atoms with van der Waals surface area (Å²) in [5.41, 5.74) is 0.448. The largest absolute Gasteiger partial charge is 0.468 e. The summed E-state index contributed by atoms with van der Waals surface area (Å²) in [6.45, 7) is 0.717. The summed E-state index contributed by atoms with van der Waals surface area (Å²) in [7, 11) is 1.41. The quantitative estimate of drug-likeness (QED) is 0.826. The Morgan fingerprint density at radius 1 is 1.50 bits per heavy atom. The molecule has 0 atom stereocenters. The third-order valence-electron chi connectivity index (χ3n) is 4.12. The van der Waals surface area contributed by atoms with Gasteiger partial charge in [-0.1, -0.05) is 12.8 Å². The fraction of sp³-hybridized carbons (Fsp3) is 0.692. The van der Waals surface area contributed by atoms with E-state index in [0.29, 0.717) is 25.0 Å². The summed E-state index contributed by atoms with van der Waals surface area (Å²) < 4.78 is 10.1. The van der Waals surface area contributed by atoms with Gasteiger partial charge in [0, 0.05) is 17.8 Å². The van der Waals surface area contributed by atoms with Crippen molar-refractivity contribution in [2.24, 2.45) is 0 Å². The number of aromatic amines is 1. The third-order valence-corrected chi connectivity index (χ3v) is 4.12. The number of ether oxygens (including phenoxy) is 2. The molecule has 1 aliphatic heterocycles. The number of H-pyrrole nitrogens is 1. The number of hydrogen-bond acceptors (Lipinski definition) is 4. The summed E-state index contributed by atoms with van der Waals surface area (Å²) in [5, 5.41) is 0. The zero-order valence-corrected chi connectivity index (χ0v) is 10.6. The number of esters is 1. The van der Waals surface area contributed by atoms with Crippen molar-refractivity contribution in [2.45, 2.75) is 37.0 Å². The molecule has 1 saturated heterocycles. The molecule has 0 radical (unpaired) electrons. The second kappa shape index (κ2) is 4.39. The highest BCUT2D eigenvalue weighted by atomic mass is 16.5. The Balaban J connectivity index is 1.85. The summed E-state index contributed by atoms with van der Waals surface area (Å²) in [6, 6.07) is 0. The van der Waals surface area contributed by atoms with E-state index in [4.69, 9.17) is 9.47 Å². The highest BCUT2D eigenvalue weighted by Crippen LogP contribution is 2.36. The van der Waals surface area contributed by atoms with E-state index in [1.54, 1.807) is 0 Å². The lowest BCUT2D eigenvalue weighted by atomic mass is 9.85. The van der Waals surface area contributed by atoms with E-state index in [1.165, 1.54) is 32.8 Å². The van der Waals surface area contributed by atoms with Gasteiger partial charge in [-0.25, -0.2) is 4.98 Å². The number of methoxy groups -OCH3 is 1. The van der Waals surface area contributed by atoms with Crippen molar-refractivity contribution in [3.05, 3.63) is 17.7 Å². The van der Waals surface area contributed by atoms with Crippen LogP contribution in [0.15, 0.2) is 6.20 Å². The van der Waals surface area contributed by atoms with Crippen LogP contribution in [0.4, 0.5) is 0 Å². The predicted molar refractivity (Wildman–Crippen MR) is 64.3 cm³/mol. The zero-order valence-electron chi connectivity index (χ0n) is 10.6. The summed E-state index contributed by atoms with van der Waals surface area (Å²) in [4.78, 5) is 19.6. The molecule has 0 bridgehead atoms. The van der Waals surface area contributed by atoms with Gasteiger partial charge in [0.1, 0.15) is 5.82 Å². The average Bonchev–Trinajstić information content (AvgIpc) is 2.97. The normalized spacial score (nSPS) is 22.7. The molecule has 1 aromatic rings. The maximum Gasteiger partial charge on any atom is 0.324 e. The number of nitrogens with one attached hydrogen (secondary N) is 1. The second-order valence-corrected chi connectivity index (χ2v) is 5.24. The average molecular weight is 250 g/mol. The standard InChI is InChI=1S/C13H18N2O3/c1-17-12(16)13(7-18-8-13)11-14-6-10(15-11)9-4-2-3-5-9/h6,9H,2-5,7-8H2,1H3,(H,14,15). The molecule has 0 aromatic carbocycles. The topological polar surface area (TPSA) is 64.2 Å². The van der Waals surface area contributed by atoms with Crippen LogP contribution in [0.25, 0.3) is 0 Å². The molecule has 1 aromatic heterocycles. The van der Waals surface area contributed by atoms with Gasteiger partial charge in [-0.2, -0.15) is 0 Å². The molecule has 0 amide bonds. The van der Waals surface area contributed by atoms with Crippen LogP contribution in [-0.2, 0) is 19.7 Å². The first-order valence-corrected chi connectivity index (χ1v) is 6.48. The van der Waals surface area contributed by atoms with Crippen LogP contribution in [0.2, 0.25) is 0 Å². The van der Waals surface area contributed by atoms with Crippen LogP contribution in [0.5, 0.6) is 0 Å². The molecular weight excluding hydrogens is 232 g/mol. The Morgan fingerprint density at radius 2 is 2.22 bits per heavy atom. The van der Waals surface area contributed by atoms with Crippen LogP contribution in [0, 0.1) is 0 Å². The molecule has 2 heterocycles. The monoisotopic (exact) mass is 250 g/mol. The van der Waals surface area contributed by atoms with E-state index in [-0.39, 0.29) is 5.97 Å². The van der Waals surface area contributed by atoms with Crippen molar-refractivity contribution in [3.8, 4) is 0 Å². The van der Waals surface area contributed by atoms with Crippen molar-refractivity contribution in [3.63, 3.8) is 0 Å². The highest BCUT2D eigenvalue weighted by molar-refractivity contribution is 5.83. The maximum absolute atomic E-state index is 11.9. The van der Waals surface area contributed by atoms with Gasteiger partial charge >= 0.3 is 5.97 Å². The molecule has 1 aliphatic carbocycles. The van der Waals surface area contributed by atoms with Crippen molar-refractivity contribution < 1.29 is 14.3 Å². The molecule has 1 saturated carbocycles. The van der Waals surface area contributed by atoms with Gasteiger partial charge in [-0.05, 0) is 12.8 Å². The van der Waals surface area contributed by atoms with Gasteiger partial charge in [0.2, 0.25) is 0 Å².